The minimum absolute atomic E-state index is 0.412. The van der Waals surface area contributed by atoms with Gasteiger partial charge < -0.3 is 0 Å². The molecule has 1 aromatic carbocycles. The monoisotopic (exact) mass is 370 g/mol. The molecular weight excluding hydrogens is 358 g/mol. The van der Waals surface area contributed by atoms with E-state index in [4.69, 9.17) is 17.7 Å². The van der Waals surface area contributed by atoms with Crippen molar-refractivity contribution < 1.29 is 15.7 Å². The second kappa shape index (κ2) is 6.80. The second-order valence-electron chi connectivity index (χ2n) is 3.11. The molecule has 0 fully saturated rings. The fraction of sp³-hybridized carbons (Fsp3) is 0.273. The predicted molar refractivity (Wildman–Crippen MR) is 72.2 cm³/mol. The number of alkyl halides is 1. The van der Waals surface area contributed by atoms with Gasteiger partial charge in [0.1, 0.15) is 0 Å². The zero-order valence-electron chi connectivity index (χ0n) is 9.41. The van der Waals surface area contributed by atoms with Gasteiger partial charge in [0.15, 0.2) is 0 Å². The van der Waals surface area contributed by atoms with Gasteiger partial charge >= 0.3 is 113 Å². The van der Waals surface area contributed by atoms with Crippen LogP contribution in [0.2, 0.25) is 0 Å². The van der Waals surface area contributed by atoms with Crippen molar-refractivity contribution >= 4 is 44.2 Å². The van der Waals surface area contributed by atoms with E-state index in [2.05, 4.69) is 0 Å². The molecule has 0 amide bonds. The van der Waals surface area contributed by atoms with Crippen molar-refractivity contribution in [2.75, 3.05) is 0 Å². The Kier molecular flexibility index (Phi) is 5.70. The van der Waals surface area contributed by atoms with Crippen LogP contribution >= 0.6 is 32.3 Å². The molecule has 0 aliphatic carbocycles. The van der Waals surface area contributed by atoms with Gasteiger partial charge in [0.2, 0.25) is 0 Å². The molecular formula is C11H12ClIO4. The van der Waals surface area contributed by atoms with Crippen molar-refractivity contribution in [2.24, 2.45) is 0 Å². The topological polar surface area (TPSA) is 52.6 Å². The molecule has 0 spiro atoms. The normalized spacial score (nSPS) is 10.6. The fourth-order valence-electron chi connectivity index (χ4n) is 0.979. The number of benzene rings is 1. The SMILES string of the molecule is CC(=O)OI(OC(C)=O)c1ccc(CCl)cc1. The molecule has 0 atom stereocenters. The molecule has 0 N–H and O–H groups in total. The van der Waals surface area contributed by atoms with Crippen LogP contribution in [-0.4, -0.2) is 11.9 Å². The number of hydrogen-bond donors (Lipinski definition) is 0. The number of rotatable bonds is 4. The standard InChI is InChI=1S/C11H12ClIO4/c1-8(14)16-13(17-9(2)15)11-5-3-10(7-12)4-6-11/h3-6H,7H2,1-2H3. The van der Waals surface area contributed by atoms with E-state index in [1.165, 1.54) is 13.8 Å². The average Bonchev–Trinajstić information content (AvgIpc) is 2.27. The molecule has 0 unspecified atom stereocenters. The Bertz CT molecular complexity index is 388. The van der Waals surface area contributed by atoms with E-state index in [1.807, 2.05) is 12.1 Å². The van der Waals surface area contributed by atoms with Gasteiger partial charge in [-0.15, -0.1) is 0 Å². The molecule has 1 aromatic rings. The molecule has 0 radical (unpaired) electrons. The van der Waals surface area contributed by atoms with Gasteiger partial charge in [0.05, 0.1) is 0 Å². The summed E-state index contributed by atoms with van der Waals surface area (Å²) >= 11 is 3.00. The predicted octanol–water partition coefficient (Wildman–Crippen LogP) is 3.06. The van der Waals surface area contributed by atoms with Gasteiger partial charge in [0, 0.05) is 0 Å². The zero-order chi connectivity index (χ0) is 12.8. The summed E-state index contributed by atoms with van der Waals surface area (Å²) < 4.78 is 10.9. The Morgan fingerprint density at radius 2 is 1.59 bits per heavy atom. The Labute approximate surface area is 113 Å². The van der Waals surface area contributed by atoms with Gasteiger partial charge in [-0.2, -0.15) is 0 Å². The van der Waals surface area contributed by atoms with E-state index in [9.17, 15) is 9.59 Å². The third kappa shape index (κ3) is 4.91. The van der Waals surface area contributed by atoms with Crippen molar-refractivity contribution in [1.29, 1.82) is 0 Å². The summed E-state index contributed by atoms with van der Waals surface area (Å²) in [6.45, 7) is 2.59. The van der Waals surface area contributed by atoms with Crippen LogP contribution in [0.1, 0.15) is 19.4 Å². The number of hydrogen-bond acceptors (Lipinski definition) is 4. The first-order valence-corrected chi connectivity index (χ1v) is 8.13. The second-order valence-corrected chi connectivity index (χ2v) is 6.75. The quantitative estimate of drug-likeness (QED) is 0.604. The van der Waals surface area contributed by atoms with Gasteiger partial charge in [-0.3, -0.25) is 0 Å². The Morgan fingerprint density at radius 3 is 1.94 bits per heavy atom. The van der Waals surface area contributed by atoms with Crippen LogP contribution in [-0.2, 0) is 21.6 Å². The van der Waals surface area contributed by atoms with Gasteiger partial charge in [0.25, 0.3) is 0 Å². The molecule has 1 rings (SSSR count). The van der Waals surface area contributed by atoms with Crippen molar-refractivity contribution in [3.8, 4) is 0 Å². The van der Waals surface area contributed by atoms with Crippen LogP contribution < -0.4 is 0 Å². The summed E-state index contributed by atoms with van der Waals surface area (Å²) in [7, 11) is 0. The summed E-state index contributed by atoms with van der Waals surface area (Å²) in [6, 6.07) is 7.18. The van der Waals surface area contributed by atoms with Crippen LogP contribution in [0.5, 0.6) is 0 Å². The molecule has 6 heteroatoms. The van der Waals surface area contributed by atoms with Crippen molar-refractivity contribution in [3.05, 3.63) is 33.4 Å². The maximum atomic E-state index is 10.9. The average molecular weight is 371 g/mol. The first-order valence-electron chi connectivity index (χ1n) is 4.76. The maximum absolute atomic E-state index is 10.9. The van der Waals surface area contributed by atoms with E-state index in [0.717, 1.165) is 9.13 Å². The van der Waals surface area contributed by atoms with E-state index in [1.54, 1.807) is 12.1 Å². The molecule has 94 valence electrons. The van der Waals surface area contributed by atoms with Crippen LogP contribution in [0, 0.1) is 3.57 Å². The third-order valence-corrected chi connectivity index (χ3v) is 5.69. The molecule has 0 saturated carbocycles. The molecule has 4 nitrogen and oxygen atoms in total. The number of carbonyl (C=O) groups is 2. The van der Waals surface area contributed by atoms with Crippen molar-refractivity contribution in [1.82, 2.24) is 0 Å². The summed E-state index contributed by atoms with van der Waals surface area (Å²) in [5, 5.41) is 0. The molecule has 0 aliphatic heterocycles. The summed E-state index contributed by atoms with van der Waals surface area (Å²) in [5.74, 6) is -0.481. The fourth-order valence-corrected chi connectivity index (χ4v) is 3.83. The summed E-state index contributed by atoms with van der Waals surface area (Å²) in [4.78, 5) is 21.9. The summed E-state index contributed by atoms with van der Waals surface area (Å²) in [6.07, 6.45) is 0. The zero-order valence-corrected chi connectivity index (χ0v) is 12.3. The van der Waals surface area contributed by atoms with Gasteiger partial charge in [-0.1, -0.05) is 0 Å². The first-order chi connectivity index (χ1) is 8.02. The number of halogens is 2. The molecule has 0 bridgehead atoms. The Morgan fingerprint density at radius 1 is 1.12 bits per heavy atom. The molecule has 17 heavy (non-hydrogen) atoms. The summed E-state index contributed by atoms with van der Waals surface area (Å²) in [5.41, 5.74) is 0.955. The van der Waals surface area contributed by atoms with E-state index in [-0.39, 0.29) is 0 Å². The molecule has 0 aliphatic rings. The van der Waals surface area contributed by atoms with E-state index in [0.29, 0.717) is 5.88 Å². The van der Waals surface area contributed by atoms with Crippen LogP contribution in [0.4, 0.5) is 0 Å². The molecule has 0 heterocycles. The van der Waals surface area contributed by atoms with Gasteiger partial charge in [-0.25, -0.2) is 0 Å². The van der Waals surface area contributed by atoms with Crippen LogP contribution in [0.3, 0.4) is 0 Å². The molecule has 0 saturated heterocycles. The Hall–Kier alpha value is -0.820. The van der Waals surface area contributed by atoms with E-state index >= 15 is 0 Å². The van der Waals surface area contributed by atoms with E-state index < -0.39 is 32.6 Å². The molecule has 0 aromatic heterocycles. The Balaban J connectivity index is 2.86. The number of carbonyl (C=O) groups excluding carboxylic acids is 2. The van der Waals surface area contributed by atoms with Crippen LogP contribution in [0.15, 0.2) is 24.3 Å². The first kappa shape index (κ1) is 14.2. The third-order valence-electron chi connectivity index (χ3n) is 1.60. The minimum atomic E-state index is -2.67. The van der Waals surface area contributed by atoms with Crippen molar-refractivity contribution in [3.63, 3.8) is 0 Å². The van der Waals surface area contributed by atoms with Crippen molar-refractivity contribution in [2.45, 2.75) is 19.7 Å². The van der Waals surface area contributed by atoms with Gasteiger partial charge in [-0.05, 0) is 0 Å². The van der Waals surface area contributed by atoms with Crippen LogP contribution in [0.25, 0.3) is 0 Å².